The number of rotatable bonds is 2. The van der Waals surface area contributed by atoms with E-state index in [9.17, 15) is 4.79 Å². The summed E-state index contributed by atoms with van der Waals surface area (Å²) in [7, 11) is 0. The number of halogens is 2. The average molecular weight is 368 g/mol. The first kappa shape index (κ1) is 14.3. The summed E-state index contributed by atoms with van der Waals surface area (Å²) in [4.78, 5) is 13.6. The first-order valence-electron chi connectivity index (χ1n) is 6.40. The summed E-state index contributed by atoms with van der Waals surface area (Å²) >= 11 is 9.36. The van der Waals surface area contributed by atoms with Gasteiger partial charge in [0.15, 0.2) is 11.0 Å². The number of carbonyl (C=O) groups is 1. The molecule has 1 aliphatic heterocycles. The number of fused-ring (bicyclic) bond motifs is 1. The van der Waals surface area contributed by atoms with Gasteiger partial charge in [-0.2, -0.15) is 0 Å². The number of anilines is 1. The van der Waals surface area contributed by atoms with Crippen LogP contribution < -0.4 is 10.6 Å². The van der Waals surface area contributed by atoms with Gasteiger partial charge in [-0.1, -0.05) is 39.7 Å². The third kappa shape index (κ3) is 2.73. The van der Waals surface area contributed by atoms with Crippen molar-refractivity contribution in [1.82, 2.24) is 10.2 Å². The maximum atomic E-state index is 11.6. The molecule has 0 aliphatic carbocycles. The maximum absolute atomic E-state index is 11.6. The number of carbonyl (C=O) groups excluding carboxylic acids is 1. The first-order valence-corrected chi connectivity index (χ1v) is 7.57. The molecule has 2 N–H and O–H groups in total. The topological polar surface area (TPSA) is 72.1 Å². The molecule has 0 fully saturated rings. The van der Waals surface area contributed by atoms with E-state index < -0.39 is 5.91 Å². The van der Waals surface area contributed by atoms with Gasteiger partial charge in [0, 0.05) is 17.6 Å². The van der Waals surface area contributed by atoms with Crippen LogP contribution in [-0.2, 0) is 13.0 Å². The largest absolute Gasteiger partial charge is 0.365 e. The number of amides is 1. The first-order chi connectivity index (χ1) is 10.1. The Bertz CT molecular complexity index is 722. The van der Waals surface area contributed by atoms with Gasteiger partial charge in [-0.25, -0.2) is 0 Å². The van der Waals surface area contributed by atoms with Crippen molar-refractivity contribution in [3.63, 3.8) is 0 Å². The summed E-state index contributed by atoms with van der Waals surface area (Å²) in [6.45, 7) is 1.40. The van der Waals surface area contributed by atoms with E-state index in [-0.39, 0.29) is 5.15 Å². The minimum atomic E-state index is -0.556. The summed E-state index contributed by atoms with van der Waals surface area (Å²) in [5.74, 6) is -0.0759. The van der Waals surface area contributed by atoms with Crippen LogP contribution in [0, 0.1) is 0 Å². The second-order valence-electron chi connectivity index (χ2n) is 4.82. The molecule has 2 heterocycles. The van der Waals surface area contributed by atoms with Gasteiger partial charge in [0.25, 0.3) is 5.91 Å². The molecule has 0 bridgehead atoms. The van der Waals surface area contributed by atoms with E-state index in [2.05, 4.69) is 32.2 Å². The summed E-state index contributed by atoms with van der Waals surface area (Å²) in [6.07, 6.45) is 0.872. The Morgan fingerprint density at radius 1 is 1.38 bits per heavy atom. The lowest BCUT2D eigenvalue weighted by molar-refractivity contribution is 0.1000. The molecule has 108 valence electrons. The van der Waals surface area contributed by atoms with Gasteiger partial charge >= 0.3 is 0 Å². The normalized spacial score (nSPS) is 13.9. The highest BCUT2D eigenvalue weighted by Gasteiger charge is 2.23. The molecular weight excluding hydrogens is 356 g/mol. The van der Waals surface area contributed by atoms with Gasteiger partial charge in [-0.3, -0.25) is 4.79 Å². The zero-order valence-corrected chi connectivity index (χ0v) is 13.4. The Kier molecular flexibility index (Phi) is 3.82. The molecule has 21 heavy (non-hydrogen) atoms. The molecular formula is C14H12BrClN4O. The Morgan fingerprint density at radius 3 is 2.95 bits per heavy atom. The van der Waals surface area contributed by atoms with Crippen molar-refractivity contribution in [2.24, 2.45) is 5.73 Å². The molecule has 0 saturated carbocycles. The summed E-state index contributed by atoms with van der Waals surface area (Å²) < 4.78 is 1.05. The molecule has 1 amide bonds. The lowest BCUT2D eigenvalue weighted by Gasteiger charge is -2.31. The van der Waals surface area contributed by atoms with E-state index in [1.165, 1.54) is 17.2 Å². The highest BCUT2D eigenvalue weighted by Crippen LogP contribution is 2.30. The average Bonchev–Trinajstić information content (AvgIpc) is 2.47. The predicted molar refractivity (Wildman–Crippen MR) is 84.5 cm³/mol. The molecule has 1 aromatic heterocycles. The molecule has 0 atom stereocenters. The van der Waals surface area contributed by atoms with E-state index >= 15 is 0 Å². The fourth-order valence-corrected chi connectivity index (χ4v) is 3.18. The molecule has 2 aromatic rings. The highest BCUT2D eigenvalue weighted by atomic mass is 79.9. The number of hydrogen-bond donors (Lipinski definition) is 1. The fraction of sp³-hybridized carbons (Fsp3) is 0.214. The molecule has 1 aromatic carbocycles. The number of nitrogens with two attached hydrogens (primary N) is 1. The minimum Gasteiger partial charge on any atom is -0.365 e. The fourth-order valence-electron chi connectivity index (χ4n) is 2.50. The van der Waals surface area contributed by atoms with Gasteiger partial charge in [-0.15, -0.1) is 10.2 Å². The van der Waals surface area contributed by atoms with Crippen molar-refractivity contribution in [2.75, 3.05) is 11.4 Å². The third-order valence-electron chi connectivity index (χ3n) is 3.53. The lowest BCUT2D eigenvalue weighted by Crippen LogP contribution is -2.33. The summed E-state index contributed by atoms with van der Waals surface area (Å²) in [5.41, 5.74) is 8.20. The van der Waals surface area contributed by atoms with E-state index in [0.717, 1.165) is 17.4 Å². The van der Waals surface area contributed by atoms with Crippen LogP contribution in [-0.4, -0.2) is 22.6 Å². The van der Waals surface area contributed by atoms with Crippen LogP contribution in [0.5, 0.6) is 0 Å². The van der Waals surface area contributed by atoms with Gasteiger partial charge < -0.3 is 10.6 Å². The van der Waals surface area contributed by atoms with E-state index in [1.807, 2.05) is 17.0 Å². The Morgan fingerprint density at radius 2 is 2.19 bits per heavy atom. The van der Waals surface area contributed by atoms with Crippen LogP contribution >= 0.6 is 27.5 Å². The van der Waals surface area contributed by atoms with Gasteiger partial charge in [0.1, 0.15) is 0 Å². The molecule has 0 spiro atoms. The monoisotopic (exact) mass is 366 g/mol. The zero-order valence-electron chi connectivity index (χ0n) is 11.0. The van der Waals surface area contributed by atoms with Gasteiger partial charge in [0.2, 0.25) is 0 Å². The molecule has 3 rings (SSSR count). The van der Waals surface area contributed by atoms with Crippen LogP contribution in [0.2, 0.25) is 5.15 Å². The zero-order chi connectivity index (χ0) is 15.0. The quantitative estimate of drug-likeness (QED) is 0.885. The van der Waals surface area contributed by atoms with E-state index in [4.69, 9.17) is 17.3 Å². The molecule has 0 radical (unpaired) electrons. The van der Waals surface area contributed by atoms with Crippen molar-refractivity contribution in [3.8, 4) is 0 Å². The van der Waals surface area contributed by atoms with Crippen LogP contribution in [0.15, 0.2) is 28.7 Å². The molecule has 0 unspecified atom stereocenters. The van der Waals surface area contributed by atoms with Crippen molar-refractivity contribution in [2.45, 2.75) is 13.0 Å². The number of hydrogen-bond acceptors (Lipinski definition) is 4. The van der Waals surface area contributed by atoms with Crippen molar-refractivity contribution in [1.29, 1.82) is 0 Å². The Balaban J connectivity index is 2.00. The smallest absolute Gasteiger partial charge is 0.252 e. The van der Waals surface area contributed by atoms with Crippen LogP contribution in [0.1, 0.15) is 21.5 Å². The molecule has 7 heteroatoms. The maximum Gasteiger partial charge on any atom is 0.252 e. The number of nitrogens with zero attached hydrogens (tertiary/aromatic N) is 3. The van der Waals surface area contributed by atoms with Crippen molar-refractivity contribution < 1.29 is 4.79 Å². The predicted octanol–water partition coefficient (Wildman–Crippen LogP) is 2.55. The lowest BCUT2D eigenvalue weighted by atomic mass is 9.99. The third-order valence-corrected chi connectivity index (χ3v) is 4.45. The molecule has 1 aliphatic rings. The van der Waals surface area contributed by atoms with Crippen molar-refractivity contribution in [3.05, 3.63) is 50.6 Å². The second kappa shape index (κ2) is 5.61. The van der Waals surface area contributed by atoms with Gasteiger partial charge in [-0.05, 0) is 29.7 Å². The highest BCUT2D eigenvalue weighted by molar-refractivity contribution is 9.10. The second-order valence-corrected chi connectivity index (χ2v) is 6.06. The van der Waals surface area contributed by atoms with Crippen LogP contribution in [0.25, 0.3) is 0 Å². The standard InChI is InChI=1S/C14H12BrClN4O/c15-11-3-1-2-8-4-5-20(7-10(8)11)14-9(13(17)21)6-12(16)18-19-14/h1-3,6H,4-5,7H2,(H2,17,21). The van der Waals surface area contributed by atoms with E-state index in [0.29, 0.717) is 17.9 Å². The van der Waals surface area contributed by atoms with E-state index in [1.54, 1.807) is 0 Å². The molecule has 0 saturated heterocycles. The summed E-state index contributed by atoms with van der Waals surface area (Å²) in [5, 5.41) is 8.04. The summed E-state index contributed by atoms with van der Waals surface area (Å²) in [6, 6.07) is 7.60. The van der Waals surface area contributed by atoms with Crippen LogP contribution in [0.4, 0.5) is 5.82 Å². The number of benzene rings is 1. The Hall–Kier alpha value is -1.66. The SMILES string of the molecule is NC(=O)c1cc(Cl)nnc1N1CCc2cccc(Br)c2C1. The minimum absolute atomic E-state index is 0.158. The number of aromatic nitrogens is 2. The van der Waals surface area contributed by atoms with Crippen molar-refractivity contribution >= 4 is 39.3 Å². The van der Waals surface area contributed by atoms with Gasteiger partial charge in [0.05, 0.1) is 5.56 Å². The molecule has 5 nitrogen and oxygen atoms in total. The Labute approximate surface area is 135 Å². The number of primary amides is 1. The van der Waals surface area contributed by atoms with Crippen LogP contribution in [0.3, 0.4) is 0 Å².